The van der Waals surface area contributed by atoms with Gasteiger partial charge < -0.3 is 16.4 Å². The van der Waals surface area contributed by atoms with Gasteiger partial charge in [-0.1, -0.05) is 13.8 Å². The van der Waals surface area contributed by atoms with Crippen LogP contribution in [-0.2, 0) is 10.0 Å². The number of nitrogens with two attached hydrogens (primary N) is 1. The van der Waals surface area contributed by atoms with Crippen LogP contribution in [0.25, 0.3) is 5.65 Å². The third-order valence-corrected chi connectivity index (χ3v) is 7.68. The van der Waals surface area contributed by atoms with E-state index in [1.165, 1.54) is 18.4 Å². The number of fused-ring (bicyclic) bond motifs is 1. The normalized spacial score (nSPS) is 19.2. The average molecular weight is 458 g/mol. The first-order valence-electron chi connectivity index (χ1n) is 10.9. The first-order valence-corrected chi connectivity index (χ1v) is 12.3. The number of sulfonamides is 1. The van der Waals surface area contributed by atoms with Gasteiger partial charge in [-0.15, -0.1) is 0 Å². The number of nitrogens with zero attached hydrogens (tertiary/aromatic N) is 4. The van der Waals surface area contributed by atoms with Crippen LogP contribution < -0.4 is 16.4 Å². The van der Waals surface area contributed by atoms with Crippen molar-refractivity contribution in [3.8, 4) is 0 Å². The highest BCUT2D eigenvalue weighted by Crippen LogP contribution is 2.28. The number of nitrogens with one attached hydrogen (secondary N) is 2. The Balaban J connectivity index is 1.68. The lowest BCUT2D eigenvalue weighted by atomic mass is 10.1. The van der Waals surface area contributed by atoms with Crippen molar-refractivity contribution in [3.05, 3.63) is 42.1 Å². The molecule has 4 N–H and O–H groups in total. The SMILES string of the molecule is CC(C)c1cnn2c(Nc3ccc(S(=O)(=O)N(C)C)cc3)cc(NC3CCC(N)C3)nc12. The Morgan fingerprint density at radius 2 is 1.91 bits per heavy atom. The van der Waals surface area contributed by atoms with Gasteiger partial charge in [0.1, 0.15) is 11.6 Å². The summed E-state index contributed by atoms with van der Waals surface area (Å²) in [6.07, 6.45) is 4.81. The van der Waals surface area contributed by atoms with Gasteiger partial charge in [-0.05, 0) is 49.4 Å². The van der Waals surface area contributed by atoms with Crippen molar-refractivity contribution in [3.63, 3.8) is 0 Å². The van der Waals surface area contributed by atoms with Crippen LogP contribution in [0.4, 0.5) is 17.3 Å². The number of hydrogen-bond acceptors (Lipinski definition) is 7. The minimum atomic E-state index is -3.47. The minimum absolute atomic E-state index is 0.229. The van der Waals surface area contributed by atoms with E-state index < -0.39 is 10.0 Å². The molecule has 0 aliphatic heterocycles. The minimum Gasteiger partial charge on any atom is -0.367 e. The molecular formula is C22H31N7O2S. The van der Waals surface area contributed by atoms with E-state index in [1.807, 2.05) is 12.3 Å². The number of hydrogen-bond donors (Lipinski definition) is 3. The molecule has 0 spiro atoms. The third kappa shape index (κ3) is 4.43. The molecule has 0 amide bonds. The molecule has 3 aromatic rings. The van der Waals surface area contributed by atoms with Crippen molar-refractivity contribution in [1.82, 2.24) is 18.9 Å². The summed E-state index contributed by atoms with van der Waals surface area (Å²) in [5, 5.41) is 11.4. The second kappa shape index (κ2) is 8.68. The first kappa shape index (κ1) is 22.5. The van der Waals surface area contributed by atoms with Crippen LogP contribution >= 0.6 is 0 Å². The summed E-state index contributed by atoms with van der Waals surface area (Å²) in [5.41, 5.74) is 8.69. The number of aromatic nitrogens is 3. The Morgan fingerprint density at radius 3 is 2.50 bits per heavy atom. The monoisotopic (exact) mass is 457 g/mol. The molecule has 0 saturated heterocycles. The summed E-state index contributed by atoms with van der Waals surface area (Å²) < 4.78 is 27.7. The highest BCUT2D eigenvalue weighted by Gasteiger charge is 2.23. The Bertz CT molecular complexity index is 1200. The molecule has 0 radical (unpaired) electrons. The molecule has 2 unspecified atom stereocenters. The van der Waals surface area contributed by atoms with E-state index >= 15 is 0 Å². The molecule has 32 heavy (non-hydrogen) atoms. The maximum Gasteiger partial charge on any atom is 0.242 e. The third-order valence-electron chi connectivity index (χ3n) is 5.85. The van der Waals surface area contributed by atoms with Crippen molar-refractivity contribution in [1.29, 1.82) is 0 Å². The lowest BCUT2D eigenvalue weighted by Crippen LogP contribution is -2.22. The van der Waals surface area contributed by atoms with E-state index in [4.69, 9.17) is 10.7 Å². The zero-order chi connectivity index (χ0) is 23.0. The van der Waals surface area contributed by atoms with Crippen LogP contribution in [0, 0.1) is 0 Å². The van der Waals surface area contributed by atoms with Crippen molar-refractivity contribution >= 4 is 33.0 Å². The van der Waals surface area contributed by atoms with Gasteiger partial charge >= 0.3 is 0 Å². The molecule has 9 nitrogen and oxygen atoms in total. The van der Waals surface area contributed by atoms with Crippen molar-refractivity contribution < 1.29 is 8.42 Å². The second-order valence-electron chi connectivity index (χ2n) is 8.87. The van der Waals surface area contributed by atoms with E-state index in [0.29, 0.717) is 6.04 Å². The first-order chi connectivity index (χ1) is 15.1. The van der Waals surface area contributed by atoms with Gasteiger partial charge in [-0.2, -0.15) is 9.61 Å². The summed E-state index contributed by atoms with van der Waals surface area (Å²) >= 11 is 0. The number of benzene rings is 1. The van der Waals surface area contributed by atoms with Gasteiger partial charge in [-0.3, -0.25) is 0 Å². The Hall–Kier alpha value is -2.69. The predicted molar refractivity (Wildman–Crippen MR) is 127 cm³/mol. The molecule has 1 aliphatic rings. The summed E-state index contributed by atoms with van der Waals surface area (Å²) in [4.78, 5) is 5.08. The number of anilines is 3. The van der Waals surface area contributed by atoms with E-state index in [2.05, 4.69) is 29.6 Å². The van der Waals surface area contributed by atoms with E-state index in [0.717, 1.165) is 47.8 Å². The quantitative estimate of drug-likeness (QED) is 0.499. The van der Waals surface area contributed by atoms with E-state index in [-0.39, 0.29) is 16.9 Å². The largest absolute Gasteiger partial charge is 0.367 e. The van der Waals surface area contributed by atoms with Crippen LogP contribution in [-0.4, -0.2) is 53.5 Å². The maximum absolute atomic E-state index is 12.3. The van der Waals surface area contributed by atoms with Gasteiger partial charge in [0, 0.05) is 43.5 Å². The van der Waals surface area contributed by atoms with Crippen LogP contribution in [0.3, 0.4) is 0 Å². The Kier molecular flexibility index (Phi) is 6.11. The molecular weight excluding hydrogens is 426 g/mol. The lowest BCUT2D eigenvalue weighted by molar-refractivity contribution is 0.521. The zero-order valence-corrected chi connectivity index (χ0v) is 19.7. The van der Waals surface area contributed by atoms with Crippen molar-refractivity contribution in [2.45, 2.75) is 56.0 Å². The molecule has 10 heteroatoms. The molecule has 1 aromatic carbocycles. The van der Waals surface area contributed by atoms with Crippen LogP contribution in [0.2, 0.25) is 0 Å². The summed E-state index contributed by atoms with van der Waals surface area (Å²) in [6.45, 7) is 4.23. The molecule has 1 saturated carbocycles. The Morgan fingerprint density at radius 1 is 1.19 bits per heavy atom. The van der Waals surface area contributed by atoms with Gasteiger partial charge in [-0.25, -0.2) is 17.7 Å². The van der Waals surface area contributed by atoms with Crippen molar-refractivity contribution in [2.24, 2.45) is 5.73 Å². The topological polar surface area (TPSA) is 118 Å². The van der Waals surface area contributed by atoms with Gasteiger partial charge in [0.25, 0.3) is 0 Å². The highest BCUT2D eigenvalue weighted by molar-refractivity contribution is 7.89. The predicted octanol–water partition coefficient (Wildman–Crippen LogP) is 3.14. The average Bonchev–Trinajstić information content (AvgIpc) is 3.34. The van der Waals surface area contributed by atoms with Crippen LogP contribution in [0.5, 0.6) is 0 Å². The number of rotatable bonds is 7. The maximum atomic E-state index is 12.3. The molecule has 1 aliphatic carbocycles. The molecule has 2 aromatic heterocycles. The van der Waals surface area contributed by atoms with Gasteiger partial charge in [0.15, 0.2) is 5.65 Å². The van der Waals surface area contributed by atoms with Crippen molar-refractivity contribution in [2.75, 3.05) is 24.7 Å². The fourth-order valence-electron chi connectivity index (χ4n) is 3.98. The summed E-state index contributed by atoms with van der Waals surface area (Å²) in [5.74, 6) is 1.79. The van der Waals surface area contributed by atoms with Crippen LogP contribution in [0.15, 0.2) is 41.4 Å². The standard InChI is InChI=1S/C22H31N7O2S/c1-14(2)19-13-24-29-21(12-20(27-22(19)29)25-17-6-5-15(23)11-17)26-16-7-9-18(10-8-16)32(30,31)28(3)4/h7-10,12-15,17,26H,5-6,11,23H2,1-4H3,(H,25,27). The van der Waals surface area contributed by atoms with E-state index in [1.54, 1.807) is 28.8 Å². The molecule has 2 heterocycles. The van der Waals surface area contributed by atoms with E-state index in [9.17, 15) is 8.42 Å². The zero-order valence-electron chi connectivity index (χ0n) is 18.9. The smallest absolute Gasteiger partial charge is 0.242 e. The molecule has 1 fully saturated rings. The summed E-state index contributed by atoms with van der Waals surface area (Å²) in [7, 11) is -0.437. The van der Waals surface area contributed by atoms with Gasteiger partial charge in [0.2, 0.25) is 10.0 Å². The summed E-state index contributed by atoms with van der Waals surface area (Å²) in [6, 6.07) is 9.14. The molecule has 4 rings (SSSR count). The fraction of sp³-hybridized carbons (Fsp3) is 0.455. The molecule has 172 valence electrons. The highest BCUT2D eigenvalue weighted by atomic mass is 32.2. The van der Waals surface area contributed by atoms with Crippen LogP contribution in [0.1, 0.15) is 44.6 Å². The van der Waals surface area contributed by atoms with Gasteiger partial charge in [0.05, 0.1) is 11.1 Å². The molecule has 0 bridgehead atoms. The Labute approximate surface area is 189 Å². The fourth-order valence-corrected chi connectivity index (χ4v) is 4.88. The lowest BCUT2D eigenvalue weighted by Gasteiger charge is -2.16. The molecule has 2 atom stereocenters. The second-order valence-corrected chi connectivity index (χ2v) is 11.0.